The predicted octanol–water partition coefficient (Wildman–Crippen LogP) is 5.86. The lowest BCUT2D eigenvalue weighted by molar-refractivity contribution is 0.531. The molecule has 0 amide bonds. The van der Waals surface area contributed by atoms with Crippen molar-refractivity contribution < 1.29 is 0 Å². The van der Waals surface area contributed by atoms with Crippen molar-refractivity contribution in [2.75, 3.05) is 6.54 Å². The third kappa shape index (κ3) is 4.17. The number of rotatable bonds is 6. The number of thiophene rings is 1. The molecule has 0 saturated carbocycles. The second-order valence-electron chi connectivity index (χ2n) is 4.91. The van der Waals surface area contributed by atoms with Crippen molar-refractivity contribution in [3.05, 3.63) is 54.6 Å². The Morgan fingerprint density at radius 3 is 2.60 bits per heavy atom. The first-order valence-corrected chi connectivity index (χ1v) is 9.29. The molecule has 1 aromatic heterocycles. The van der Waals surface area contributed by atoms with Crippen molar-refractivity contribution in [3.63, 3.8) is 0 Å². The van der Waals surface area contributed by atoms with Crippen LogP contribution < -0.4 is 5.32 Å². The van der Waals surface area contributed by atoms with Crippen LogP contribution in [-0.2, 0) is 6.42 Å². The third-order valence-electron chi connectivity index (χ3n) is 3.31. The van der Waals surface area contributed by atoms with Gasteiger partial charge in [-0.05, 0) is 64.5 Å². The Morgan fingerprint density at radius 1 is 1.20 bits per heavy atom. The van der Waals surface area contributed by atoms with E-state index in [1.54, 1.807) is 0 Å². The molecular weight excluding hydrogens is 398 g/mol. The van der Waals surface area contributed by atoms with Crippen LogP contribution in [0.15, 0.2) is 38.6 Å². The zero-order chi connectivity index (χ0) is 14.5. The lowest BCUT2D eigenvalue weighted by atomic mass is 10.0. The van der Waals surface area contributed by atoms with Gasteiger partial charge >= 0.3 is 0 Å². The van der Waals surface area contributed by atoms with Gasteiger partial charge in [0.05, 0.1) is 0 Å². The van der Waals surface area contributed by atoms with Gasteiger partial charge in [-0.15, -0.1) is 11.3 Å². The van der Waals surface area contributed by atoms with Crippen molar-refractivity contribution in [2.24, 2.45) is 0 Å². The van der Waals surface area contributed by atoms with Crippen LogP contribution in [0.2, 0.25) is 0 Å². The molecule has 1 unspecified atom stereocenters. The Kier molecular flexibility index (Phi) is 6.27. The SMILES string of the molecule is CCCNC(Cc1sccc1Br)c1ccc(Br)c(C)c1. The molecule has 4 heteroatoms. The fourth-order valence-electron chi connectivity index (χ4n) is 2.17. The Balaban J connectivity index is 2.22. The summed E-state index contributed by atoms with van der Waals surface area (Å²) in [4.78, 5) is 1.40. The molecule has 2 aromatic rings. The lowest BCUT2D eigenvalue weighted by Crippen LogP contribution is -2.24. The highest BCUT2D eigenvalue weighted by molar-refractivity contribution is 9.10. The number of aryl methyl sites for hydroxylation is 1. The van der Waals surface area contributed by atoms with Gasteiger partial charge in [0.1, 0.15) is 0 Å². The van der Waals surface area contributed by atoms with Crippen molar-refractivity contribution in [1.82, 2.24) is 5.32 Å². The second kappa shape index (κ2) is 7.74. The normalized spacial score (nSPS) is 12.6. The van der Waals surface area contributed by atoms with Gasteiger partial charge < -0.3 is 5.32 Å². The first kappa shape index (κ1) is 16.2. The van der Waals surface area contributed by atoms with Gasteiger partial charge in [0.2, 0.25) is 0 Å². The van der Waals surface area contributed by atoms with Crippen LogP contribution in [0.4, 0.5) is 0 Å². The molecule has 108 valence electrons. The molecule has 0 spiro atoms. The van der Waals surface area contributed by atoms with Crippen LogP contribution in [0.1, 0.15) is 35.4 Å². The number of benzene rings is 1. The lowest BCUT2D eigenvalue weighted by Gasteiger charge is -2.19. The molecule has 0 aliphatic heterocycles. The van der Waals surface area contributed by atoms with Crippen LogP contribution in [0.5, 0.6) is 0 Å². The maximum Gasteiger partial charge on any atom is 0.0369 e. The summed E-state index contributed by atoms with van der Waals surface area (Å²) in [5.41, 5.74) is 2.65. The van der Waals surface area contributed by atoms with E-state index < -0.39 is 0 Å². The number of hydrogen-bond acceptors (Lipinski definition) is 2. The van der Waals surface area contributed by atoms with E-state index in [2.05, 4.69) is 80.7 Å². The van der Waals surface area contributed by atoms with Crippen LogP contribution in [0.3, 0.4) is 0 Å². The summed E-state index contributed by atoms with van der Waals surface area (Å²) in [6, 6.07) is 9.14. The molecule has 0 aliphatic rings. The van der Waals surface area contributed by atoms with Crippen LogP contribution in [0.25, 0.3) is 0 Å². The number of halogens is 2. The molecule has 1 atom stereocenters. The van der Waals surface area contributed by atoms with Crippen molar-refractivity contribution in [1.29, 1.82) is 0 Å². The molecule has 0 aliphatic carbocycles. The van der Waals surface area contributed by atoms with Crippen LogP contribution in [0, 0.1) is 6.92 Å². The van der Waals surface area contributed by atoms with Crippen molar-refractivity contribution in [2.45, 2.75) is 32.7 Å². The first-order valence-electron chi connectivity index (χ1n) is 6.83. The second-order valence-corrected chi connectivity index (χ2v) is 7.62. The Labute approximate surface area is 142 Å². The van der Waals surface area contributed by atoms with E-state index in [0.717, 1.165) is 19.4 Å². The molecule has 1 aromatic carbocycles. The summed E-state index contributed by atoms with van der Waals surface area (Å²) in [6.07, 6.45) is 2.18. The van der Waals surface area contributed by atoms with Gasteiger partial charge in [0.15, 0.2) is 0 Å². The van der Waals surface area contributed by atoms with Gasteiger partial charge in [-0.2, -0.15) is 0 Å². The molecule has 0 bridgehead atoms. The number of hydrogen-bond donors (Lipinski definition) is 1. The topological polar surface area (TPSA) is 12.0 Å². The molecule has 0 fully saturated rings. The molecular formula is C16H19Br2NS. The zero-order valence-electron chi connectivity index (χ0n) is 11.7. The quantitative estimate of drug-likeness (QED) is 0.621. The van der Waals surface area contributed by atoms with E-state index in [9.17, 15) is 0 Å². The van der Waals surface area contributed by atoms with E-state index in [0.29, 0.717) is 6.04 Å². The number of nitrogens with one attached hydrogen (secondary N) is 1. The summed E-state index contributed by atoms with van der Waals surface area (Å²) >= 11 is 9.03. The zero-order valence-corrected chi connectivity index (χ0v) is 15.7. The molecule has 0 saturated heterocycles. The highest BCUT2D eigenvalue weighted by Gasteiger charge is 2.14. The third-order valence-corrected chi connectivity index (χ3v) is 6.14. The highest BCUT2D eigenvalue weighted by Crippen LogP contribution is 2.29. The van der Waals surface area contributed by atoms with E-state index in [1.807, 2.05) is 11.3 Å². The van der Waals surface area contributed by atoms with E-state index in [-0.39, 0.29) is 0 Å². The molecule has 1 heterocycles. The van der Waals surface area contributed by atoms with E-state index >= 15 is 0 Å². The van der Waals surface area contributed by atoms with Crippen molar-refractivity contribution >= 4 is 43.2 Å². The van der Waals surface area contributed by atoms with Crippen LogP contribution in [-0.4, -0.2) is 6.54 Å². The van der Waals surface area contributed by atoms with Gasteiger partial charge in [-0.25, -0.2) is 0 Å². The monoisotopic (exact) mass is 415 g/mol. The average molecular weight is 417 g/mol. The molecule has 1 N–H and O–H groups in total. The summed E-state index contributed by atoms with van der Waals surface area (Å²) in [6.45, 7) is 5.40. The highest BCUT2D eigenvalue weighted by atomic mass is 79.9. The maximum absolute atomic E-state index is 3.67. The Bertz CT molecular complexity index is 565. The molecule has 1 nitrogen and oxygen atoms in total. The fraction of sp³-hybridized carbons (Fsp3) is 0.375. The maximum atomic E-state index is 3.67. The van der Waals surface area contributed by atoms with E-state index in [4.69, 9.17) is 0 Å². The minimum absolute atomic E-state index is 0.372. The van der Waals surface area contributed by atoms with Gasteiger partial charge in [-0.1, -0.05) is 35.0 Å². The summed E-state index contributed by atoms with van der Waals surface area (Å²) < 4.78 is 2.40. The van der Waals surface area contributed by atoms with Gasteiger partial charge in [0.25, 0.3) is 0 Å². The fourth-order valence-corrected chi connectivity index (χ4v) is 3.98. The molecule has 20 heavy (non-hydrogen) atoms. The average Bonchev–Trinajstić information content (AvgIpc) is 2.83. The van der Waals surface area contributed by atoms with Gasteiger partial charge in [-0.3, -0.25) is 0 Å². The largest absolute Gasteiger partial charge is 0.310 e. The smallest absolute Gasteiger partial charge is 0.0369 e. The van der Waals surface area contributed by atoms with Gasteiger partial charge in [0, 0.05) is 26.3 Å². The Morgan fingerprint density at radius 2 is 2.00 bits per heavy atom. The minimum atomic E-state index is 0.372. The van der Waals surface area contributed by atoms with Crippen LogP contribution >= 0.6 is 43.2 Å². The minimum Gasteiger partial charge on any atom is -0.310 e. The van der Waals surface area contributed by atoms with Crippen molar-refractivity contribution in [3.8, 4) is 0 Å². The first-order chi connectivity index (χ1) is 9.61. The predicted molar refractivity (Wildman–Crippen MR) is 95.6 cm³/mol. The van der Waals surface area contributed by atoms with E-state index in [1.165, 1.54) is 24.9 Å². The summed E-state index contributed by atoms with van der Waals surface area (Å²) in [7, 11) is 0. The standard InChI is InChI=1S/C16H19Br2NS/c1-3-7-19-15(10-16-14(18)6-8-20-16)12-4-5-13(17)11(2)9-12/h4-6,8-9,15,19H,3,7,10H2,1-2H3. The molecule has 0 radical (unpaired) electrons. The summed E-state index contributed by atoms with van der Waals surface area (Å²) in [5.74, 6) is 0. The Hall–Kier alpha value is -0.160. The summed E-state index contributed by atoms with van der Waals surface area (Å²) in [5, 5.41) is 5.81. The molecule has 2 rings (SSSR count).